The molecule has 0 saturated carbocycles. The summed E-state index contributed by atoms with van der Waals surface area (Å²) in [6.45, 7) is 7.52. The van der Waals surface area contributed by atoms with Crippen LogP contribution in [0.25, 0.3) is 10.9 Å². The Hall–Kier alpha value is -1.59. The van der Waals surface area contributed by atoms with Crippen molar-refractivity contribution in [1.82, 2.24) is 4.98 Å². The molecule has 1 aromatic heterocycles. The van der Waals surface area contributed by atoms with Crippen LogP contribution in [0, 0.1) is 0 Å². The average Bonchev–Trinajstić information content (AvgIpc) is 2.40. The van der Waals surface area contributed by atoms with Gasteiger partial charge in [0, 0.05) is 11.6 Å². The van der Waals surface area contributed by atoms with Gasteiger partial charge in [-0.05, 0) is 31.2 Å². The molecule has 0 saturated heterocycles. The van der Waals surface area contributed by atoms with Crippen LogP contribution in [0.3, 0.4) is 0 Å². The Morgan fingerprint density at radius 3 is 2.57 bits per heavy atom. The molecule has 0 bridgehead atoms. The van der Waals surface area contributed by atoms with E-state index in [1.807, 2.05) is 25.7 Å². The molecule has 0 spiro atoms. The van der Waals surface area contributed by atoms with Crippen LogP contribution in [-0.4, -0.2) is 29.4 Å². The van der Waals surface area contributed by atoms with Crippen LogP contribution in [0.4, 0.5) is 0 Å². The lowest BCUT2D eigenvalue weighted by Gasteiger charge is -2.36. The number of aromatic nitrogens is 1. The van der Waals surface area contributed by atoms with Gasteiger partial charge in [-0.2, -0.15) is 0 Å². The maximum Gasteiger partial charge on any atom is 0.343 e. The van der Waals surface area contributed by atoms with Crippen molar-refractivity contribution in [3.8, 4) is 5.75 Å². The third-order valence-corrected chi connectivity index (χ3v) is 7.34. The fraction of sp³-hybridized carbons (Fsp3) is 0.333. The van der Waals surface area contributed by atoms with Gasteiger partial charge in [-0.15, -0.1) is 0 Å². The highest BCUT2D eigenvalue weighted by atomic mass is 35.5. The number of halogens is 1. The Kier molecular flexibility index (Phi) is 3.99. The molecular formula is C15H18ClNO3Si. The van der Waals surface area contributed by atoms with Gasteiger partial charge < -0.3 is 9.84 Å². The van der Waals surface area contributed by atoms with E-state index in [4.69, 9.17) is 16.3 Å². The molecule has 1 unspecified atom stereocenters. The first kappa shape index (κ1) is 15.8. The lowest BCUT2D eigenvalue weighted by atomic mass is 10.2. The van der Waals surface area contributed by atoms with Gasteiger partial charge in [0.2, 0.25) is 0 Å². The predicted octanol–water partition coefficient (Wildman–Crippen LogP) is 3.99. The van der Waals surface area contributed by atoms with Crippen molar-refractivity contribution in [1.29, 1.82) is 0 Å². The van der Waals surface area contributed by atoms with E-state index < -0.39 is 19.3 Å². The number of aliphatic carboxylic acids is 1. The molecule has 0 aliphatic carbocycles. The quantitative estimate of drug-likeness (QED) is 0.864. The van der Waals surface area contributed by atoms with Crippen LogP contribution in [0.1, 0.15) is 6.92 Å². The van der Waals surface area contributed by atoms with Crippen LogP contribution in [0.15, 0.2) is 30.5 Å². The van der Waals surface area contributed by atoms with Gasteiger partial charge in [0.25, 0.3) is 0 Å². The van der Waals surface area contributed by atoms with E-state index in [1.54, 1.807) is 31.3 Å². The molecule has 0 radical (unpaired) electrons. The van der Waals surface area contributed by atoms with Crippen LogP contribution >= 0.6 is 11.6 Å². The van der Waals surface area contributed by atoms with Gasteiger partial charge in [0.05, 0.1) is 5.02 Å². The van der Waals surface area contributed by atoms with Crippen molar-refractivity contribution < 1.29 is 14.6 Å². The molecule has 0 amide bonds. The van der Waals surface area contributed by atoms with Crippen molar-refractivity contribution in [2.75, 3.05) is 0 Å². The number of benzene rings is 1. The van der Waals surface area contributed by atoms with E-state index in [0.29, 0.717) is 16.3 Å². The third kappa shape index (κ3) is 2.76. The van der Waals surface area contributed by atoms with Crippen molar-refractivity contribution in [2.45, 2.75) is 31.8 Å². The summed E-state index contributed by atoms with van der Waals surface area (Å²) in [5.74, 6) is -0.511. The molecule has 1 heterocycles. The highest BCUT2D eigenvalue weighted by Gasteiger charge is 2.48. The Labute approximate surface area is 129 Å². The van der Waals surface area contributed by atoms with Crippen LogP contribution in [0.2, 0.25) is 24.7 Å². The summed E-state index contributed by atoms with van der Waals surface area (Å²) in [5.41, 5.74) is 0.579. The molecule has 4 nitrogen and oxygen atoms in total. The van der Waals surface area contributed by atoms with Gasteiger partial charge in [-0.3, -0.25) is 4.98 Å². The summed E-state index contributed by atoms with van der Waals surface area (Å²) in [4.78, 5) is 16.0. The molecule has 0 aliphatic rings. The van der Waals surface area contributed by atoms with Gasteiger partial charge in [0.15, 0.2) is 5.22 Å². The number of nitrogens with zero attached hydrogens (tertiary/aromatic N) is 1. The van der Waals surface area contributed by atoms with Gasteiger partial charge in [0.1, 0.15) is 19.3 Å². The summed E-state index contributed by atoms with van der Waals surface area (Å²) < 4.78 is 5.94. The Balaban J connectivity index is 2.58. The first-order valence-corrected chi connectivity index (χ1v) is 10.5. The zero-order valence-corrected chi connectivity index (χ0v) is 14.2. The summed E-state index contributed by atoms with van der Waals surface area (Å²) in [6, 6.07) is 7.00. The maximum atomic E-state index is 11.7. The lowest BCUT2D eigenvalue weighted by molar-refractivity contribution is -0.147. The summed E-state index contributed by atoms with van der Waals surface area (Å²) in [6.07, 6.45) is 1.64. The number of fused-ring (bicyclic) bond motifs is 1. The van der Waals surface area contributed by atoms with Crippen molar-refractivity contribution in [3.05, 3.63) is 35.5 Å². The van der Waals surface area contributed by atoms with Crippen LogP contribution in [-0.2, 0) is 4.79 Å². The van der Waals surface area contributed by atoms with E-state index in [9.17, 15) is 9.90 Å². The number of ether oxygens (including phenoxy) is 1. The van der Waals surface area contributed by atoms with Gasteiger partial charge in [-0.1, -0.05) is 31.2 Å². The van der Waals surface area contributed by atoms with E-state index in [2.05, 4.69) is 4.98 Å². The summed E-state index contributed by atoms with van der Waals surface area (Å²) >= 11 is 6.15. The minimum atomic E-state index is -2.14. The van der Waals surface area contributed by atoms with Gasteiger partial charge >= 0.3 is 5.97 Å². The number of pyridine rings is 1. The van der Waals surface area contributed by atoms with E-state index in [0.717, 1.165) is 5.39 Å². The molecule has 21 heavy (non-hydrogen) atoms. The second-order valence-electron chi connectivity index (χ2n) is 6.14. The molecule has 1 aromatic carbocycles. The topological polar surface area (TPSA) is 59.4 Å². The highest BCUT2D eigenvalue weighted by Crippen LogP contribution is 2.34. The summed E-state index contributed by atoms with van der Waals surface area (Å²) in [7, 11) is -2.14. The minimum absolute atomic E-state index is 0.447. The minimum Gasteiger partial charge on any atom is -0.479 e. The number of carboxylic acids is 1. The van der Waals surface area contributed by atoms with Crippen molar-refractivity contribution in [3.63, 3.8) is 0 Å². The third-order valence-electron chi connectivity index (χ3n) is 3.83. The smallest absolute Gasteiger partial charge is 0.343 e. The highest BCUT2D eigenvalue weighted by molar-refractivity contribution is 6.82. The zero-order chi connectivity index (χ0) is 15.8. The monoisotopic (exact) mass is 323 g/mol. The molecule has 1 atom stereocenters. The maximum absolute atomic E-state index is 11.7. The van der Waals surface area contributed by atoms with Crippen LogP contribution in [0.5, 0.6) is 5.75 Å². The molecule has 1 N–H and O–H groups in total. The fourth-order valence-electron chi connectivity index (χ4n) is 1.93. The first-order chi connectivity index (χ1) is 9.67. The largest absolute Gasteiger partial charge is 0.479 e. The molecule has 0 aliphatic heterocycles. The van der Waals surface area contributed by atoms with E-state index in [1.165, 1.54) is 0 Å². The Morgan fingerprint density at radius 1 is 1.33 bits per heavy atom. The Bertz CT molecular complexity index is 699. The SMILES string of the molecule is CC(Oc1ccc(Cl)c2cccnc12)(C(=O)O)[Si](C)(C)C. The number of carbonyl (C=O) groups is 1. The summed E-state index contributed by atoms with van der Waals surface area (Å²) in [5, 5.41) is 9.69. The first-order valence-electron chi connectivity index (χ1n) is 6.62. The zero-order valence-electron chi connectivity index (χ0n) is 12.5. The molecule has 0 fully saturated rings. The number of rotatable bonds is 4. The average molecular weight is 324 g/mol. The second-order valence-corrected chi connectivity index (χ2v) is 12.0. The van der Waals surface area contributed by atoms with Crippen molar-refractivity contribution in [2.24, 2.45) is 0 Å². The molecule has 6 heteroatoms. The normalized spacial score (nSPS) is 14.7. The number of carboxylic acid groups (broad SMARTS) is 1. The lowest BCUT2D eigenvalue weighted by Crippen LogP contribution is -2.59. The van der Waals surface area contributed by atoms with Crippen LogP contribution < -0.4 is 4.74 Å². The van der Waals surface area contributed by atoms with Crippen molar-refractivity contribution >= 4 is 36.5 Å². The standard InChI is InChI=1S/C15H18ClNO3Si/c1-15(14(18)19,21(2,3)4)20-12-8-7-11(16)10-6-5-9-17-13(10)12/h5-9H,1-4H3,(H,18,19). The van der Waals surface area contributed by atoms with E-state index in [-0.39, 0.29) is 0 Å². The second kappa shape index (κ2) is 5.31. The fourth-order valence-corrected chi connectivity index (χ4v) is 3.20. The Morgan fingerprint density at radius 2 is 2.00 bits per heavy atom. The molecular weight excluding hydrogens is 306 g/mol. The molecule has 2 aromatic rings. The predicted molar refractivity (Wildman–Crippen MR) is 86.8 cm³/mol. The molecule has 112 valence electrons. The van der Waals surface area contributed by atoms with Gasteiger partial charge in [-0.25, -0.2) is 4.79 Å². The van der Waals surface area contributed by atoms with E-state index >= 15 is 0 Å². The molecule has 2 rings (SSSR count). The number of hydrogen-bond acceptors (Lipinski definition) is 3. The number of hydrogen-bond donors (Lipinski definition) is 1.